The monoisotopic (exact) mass is 297 g/mol. The number of H-pyrrole nitrogens is 1. The summed E-state index contributed by atoms with van der Waals surface area (Å²) in [7, 11) is 0. The van der Waals surface area contributed by atoms with Crippen molar-refractivity contribution in [3.05, 3.63) is 34.1 Å². The first-order valence-corrected chi connectivity index (χ1v) is 6.08. The molecule has 2 aromatic rings. The molecular formula is C12H13BrFN3. The molecule has 0 amide bonds. The van der Waals surface area contributed by atoms with Gasteiger partial charge in [-0.05, 0) is 39.5 Å². The first-order chi connectivity index (χ1) is 7.99. The van der Waals surface area contributed by atoms with Crippen LogP contribution in [0.1, 0.15) is 25.3 Å². The Morgan fingerprint density at radius 3 is 2.59 bits per heavy atom. The van der Waals surface area contributed by atoms with Crippen LogP contribution in [0.5, 0.6) is 0 Å². The summed E-state index contributed by atoms with van der Waals surface area (Å²) in [6, 6.07) is 5.23. The van der Waals surface area contributed by atoms with Gasteiger partial charge >= 0.3 is 0 Å². The zero-order valence-corrected chi connectivity index (χ0v) is 11.2. The third-order valence-corrected chi connectivity index (χ3v) is 3.18. The van der Waals surface area contributed by atoms with E-state index in [9.17, 15) is 4.39 Å². The lowest BCUT2D eigenvalue weighted by Gasteiger charge is -2.10. The van der Waals surface area contributed by atoms with E-state index in [-0.39, 0.29) is 5.82 Å². The molecule has 0 radical (unpaired) electrons. The Balaban J connectivity index is 2.60. The summed E-state index contributed by atoms with van der Waals surface area (Å²) < 4.78 is 14.5. The zero-order valence-electron chi connectivity index (χ0n) is 9.59. The molecule has 0 atom stereocenters. The Hall–Kier alpha value is -1.36. The molecule has 90 valence electrons. The highest BCUT2D eigenvalue weighted by Crippen LogP contribution is 2.31. The van der Waals surface area contributed by atoms with Gasteiger partial charge in [-0.3, -0.25) is 5.10 Å². The maximum absolute atomic E-state index is 14.0. The molecule has 0 saturated heterocycles. The Morgan fingerprint density at radius 2 is 2.06 bits per heavy atom. The fraction of sp³-hybridized carbons (Fsp3) is 0.250. The number of benzene rings is 1. The summed E-state index contributed by atoms with van der Waals surface area (Å²) in [5.74, 6) is 0.370. The second-order valence-electron chi connectivity index (χ2n) is 4.23. The van der Waals surface area contributed by atoms with Gasteiger partial charge in [0.2, 0.25) is 0 Å². The number of nitrogen functional groups attached to an aromatic ring is 1. The average molecular weight is 298 g/mol. The van der Waals surface area contributed by atoms with Gasteiger partial charge in [-0.2, -0.15) is 5.10 Å². The van der Waals surface area contributed by atoms with Crippen LogP contribution in [0, 0.1) is 5.82 Å². The van der Waals surface area contributed by atoms with Gasteiger partial charge in [0, 0.05) is 11.6 Å². The molecule has 2 rings (SSSR count). The zero-order chi connectivity index (χ0) is 12.6. The summed E-state index contributed by atoms with van der Waals surface area (Å²) in [5.41, 5.74) is 7.65. The molecule has 3 nitrogen and oxygen atoms in total. The molecule has 1 aromatic carbocycles. The minimum atomic E-state index is -0.307. The summed E-state index contributed by atoms with van der Waals surface area (Å²) in [4.78, 5) is 0. The maximum Gasteiger partial charge on any atom is 0.146 e. The van der Waals surface area contributed by atoms with Gasteiger partial charge in [0.25, 0.3) is 0 Å². The van der Waals surface area contributed by atoms with Crippen LogP contribution in [0.4, 0.5) is 10.2 Å². The van der Waals surface area contributed by atoms with Gasteiger partial charge in [0.1, 0.15) is 11.6 Å². The smallest absolute Gasteiger partial charge is 0.146 e. The molecular weight excluding hydrogens is 285 g/mol. The Bertz CT molecular complexity index is 549. The van der Waals surface area contributed by atoms with E-state index in [1.807, 2.05) is 6.07 Å². The van der Waals surface area contributed by atoms with Crippen molar-refractivity contribution in [2.45, 2.75) is 19.8 Å². The first-order valence-electron chi connectivity index (χ1n) is 5.29. The summed E-state index contributed by atoms with van der Waals surface area (Å²) in [5, 5.41) is 6.53. The van der Waals surface area contributed by atoms with Gasteiger partial charge in [0.05, 0.1) is 10.2 Å². The maximum atomic E-state index is 14.0. The van der Waals surface area contributed by atoms with Crippen molar-refractivity contribution in [1.29, 1.82) is 0 Å². The number of rotatable bonds is 2. The number of anilines is 1. The van der Waals surface area contributed by atoms with E-state index < -0.39 is 0 Å². The lowest BCUT2D eigenvalue weighted by Crippen LogP contribution is -1.93. The van der Waals surface area contributed by atoms with Gasteiger partial charge in [-0.1, -0.05) is 13.8 Å². The van der Waals surface area contributed by atoms with E-state index in [2.05, 4.69) is 40.0 Å². The topological polar surface area (TPSA) is 54.7 Å². The van der Waals surface area contributed by atoms with Crippen molar-refractivity contribution in [3.63, 3.8) is 0 Å². The van der Waals surface area contributed by atoms with E-state index in [0.717, 1.165) is 5.56 Å². The molecule has 0 saturated carbocycles. The molecule has 17 heavy (non-hydrogen) atoms. The highest BCUT2D eigenvalue weighted by molar-refractivity contribution is 9.10. The molecule has 0 unspecified atom stereocenters. The summed E-state index contributed by atoms with van der Waals surface area (Å²) >= 11 is 3.23. The molecule has 0 spiro atoms. The second kappa shape index (κ2) is 4.49. The Kier molecular flexibility index (Phi) is 3.19. The van der Waals surface area contributed by atoms with Crippen LogP contribution in [-0.4, -0.2) is 10.2 Å². The van der Waals surface area contributed by atoms with E-state index in [0.29, 0.717) is 27.5 Å². The lowest BCUT2D eigenvalue weighted by atomic mass is 9.99. The van der Waals surface area contributed by atoms with Crippen LogP contribution in [0.15, 0.2) is 22.7 Å². The van der Waals surface area contributed by atoms with Crippen LogP contribution >= 0.6 is 15.9 Å². The number of nitrogens with two attached hydrogens (primary N) is 1. The van der Waals surface area contributed by atoms with Crippen LogP contribution in [-0.2, 0) is 0 Å². The van der Waals surface area contributed by atoms with E-state index >= 15 is 0 Å². The number of nitrogens with zero attached hydrogens (tertiary/aromatic N) is 1. The van der Waals surface area contributed by atoms with Gasteiger partial charge in [0.15, 0.2) is 0 Å². The van der Waals surface area contributed by atoms with E-state index in [1.165, 1.54) is 0 Å². The average Bonchev–Trinajstić information content (AvgIpc) is 2.68. The van der Waals surface area contributed by atoms with Gasteiger partial charge < -0.3 is 5.73 Å². The number of hydrogen-bond acceptors (Lipinski definition) is 2. The minimum Gasteiger partial charge on any atom is -0.382 e. The predicted molar refractivity (Wildman–Crippen MR) is 70.2 cm³/mol. The number of aromatic nitrogens is 2. The van der Waals surface area contributed by atoms with Gasteiger partial charge in [-0.15, -0.1) is 0 Å². The molecule has 5 heteroatoms. The van der Waals surface area contributed by atoms with Crippen LogP contribution < -0.4 is 5.73 Å². The molecule has 0 aliphatic carbocycles. The molecule has 3 N–H and O–H groups in total. The molecule has 0 fully saturated rings. The Morgan fingerprint density at radius 1 is 1.35 bits per heavy atom. The molecule has 1 heterocycles. The third-order valence-electron chi connectivity index (χ3n) is 2.61. The molecule has 1 aromatic heterocycles. The number of nitrogens with one attached hydrogen (secondary N) is 1. The standard InChI is InChI=1S/C12H13BrFN3/c1-6(2)7-3-8(12(14)9(13)4-7)10-5-11(15)17-16-10/h3-6H,1-2H3,(H3,15,16,17). The number of halogens is 2. The van der Waals surface area contributed by atoms with Crippen molar-refractivity contribution < 1.29 is 4.39 Å². The van der Waals surface area contributed by atoms with Crippen LogP contribution in [0.2, 0.25) is 0 Å². The summed E-state index contributed by atoms with van der Waals surface area (Å²) in [6.07, 6.45) is 0. The lowest BCUT2D eigenvalue weighted by molar-refractivity contribution is 0.622. The Labute approximate surface area is 107 Å². The predicted octanol–water partition coefficient (Wildman–Crippen LogP) is 3.68. The molecule has 0 aliphatic heterocycles. The molecule has 0 aliphatic rings. The summed E-state index contributed by atoms with van der Waals surface area (Å²) in [6.45, 7) is 4.12. The fourth-order valence-electron chi connectivity index (χ4n) is 1.61. The second-order valence-corrected chi connectivity index (χ2v) is 5.08. The van der Waals surface area contributed by atoms with Crippen molar-refractivity contribution in [1.82, 2.24) is 10.2 Å². The number of hydrogen-bond donors (Lipinski definition) is 2. The quantitative estimate of drug-likeness (QED) is 0.888. The normalized spacial score (nSPS) is 11.1. The van der Waals surface area contributed by atoms with Crippen molar-refractivity contribution in [2.75, 3.05) is 5.73 Å². The van der Waals surface area contributed by atoms with Gasteiger partial charge in [-0.25, -0.2) is 4.39 Å². The third kappa shape index (κ3) is 2.34. The van der Waals surface area contributed by atoms with Crippen molar-refractivity contribution in [2.24, 2.45) is 0 Å². The van der Waals surface area contributed by atoms with E-state index in [4.69, 9.17) is 5.73 Å². The largest absolute Gasteiger partial charge is 0.382 e. The minimum absolute atomic E-state index is 0.307. The van der Waals surface area contributed by atoms with Crippen molar-refractivity contribution in [3.8, 4) is 11.3 Å². The first kappa shape index (κ1) is 12.1. The van der Waals surface area contributed by atoms with Crippen LogP contribution in [0.3, 0.4) is 0 Å². The molecule has 0 bridgehead atoms. The van der Waals surface area contributed by atoms with Crippen LogP contribution in [0.25, 0.3) is 11.3 Å². The fourth-order valence-corrected chi connectivity index (χ4v) is 2.09. The van der Waals surface area contributed by atoms with E-state index in [1.54, 1.807) is 12.1 Å². The number of aromatic amines is 1. The SMILES string of the molecule is CC(C)c1cc(Br)c(F)c(-c2cc(N)n[nH]2)c1. The highest BCUT2D eigenvalue weighted by atomic mass is 79.9. The van der Waals surface area contributed by atoms with Crippen molar-refractivity contribution >= 4 is 21.7 Å². The highest BCUT2D eigenvalue weighted by Gasteiger charge is 2.14.